The number of carbonyl (C=O) groups is 5. The molecular weight excluding hydrogens is 1090 g/mol. The highest BCUT2D eigenvalue weighted by Gasteiger charge is 2.55. The van der Waals surface area contributed by atoms with Crippen LogP contribution in [0.4, 0.5) is 0 Å². The SMILES string of the molecule is COc1cc(C(=O)OC[C@H]2O[C@@H](OC(=O)c3cc(OC)c(OC)c(OC)c3)[C@@H](OC(=O)c3cc(OC)c(OC)c(OC)c3)[C@@H](OC(=O)c3cc(OC)c(OC)c(OC)c3)[C@@H]2OC(=O)c2cc(OC)c(OC)c(OC)c2)cc(OC)c1OC. The summed E-state index contributed by atoms with van der Waals surface area (Å²) < 4.78 is 120. The summed E-state index contributed by atoms with van der Waals surface area (Å²) in [5.74, 6) is -5.00. The first-order valence-corrected chi connectivity index (χ1v) is 24.2. The highest BCUT2D eigenvalue weighted by molar-refractivity contribution is 5.95. The van der Waals surface area contributed by atoms with Crippen LogP contribution in [-0.4, -0.2) is 174 Å². The van der Waals surface area contributed by atoms with E-state index in [1.165, 1.54) is 167 Å². The molecule has 82 heavy (non-hydrogen) atoms. The fourth-order valence-electron chi connectivity index (χ4n) is 8.49. The molecule has 0 unspecified atom stereocenters. The van der Waals surface area contributed by atoms with Crippen molar-refractivity contribution in [1.29, 1.82) is 0 Å². The Morgan fingerprint density at radius 2 is 0.512 bits per heavy atom. The summed E-state index contributed by atoms with van der Waals surface area (Å²) in [6, 6.07) is 12.6. The maximum atomic E-state index is 15.0. The predicted molar refractivity (Wildman–Crippen MR) is 282 cm³/mol. The molecule has 0 bridgehead atoms. The Hall–Kier alpha value is -9.59. The maximum absolute atomic E-state index is 15.0. The predicted octanol–water partition coefficient (Wildman–Crippen LogP) is 6.23. The van der Waals surface area contributed by atoms with E-state index in [1.807, 2.05) is 0 Å². The van der Waals surface area contributed by atoms with Gasteiger partial charge in [-0.15, -0.1) is 0 Å². The summed E-state index contributed by atoms with van der Waals surface area (Å²) in [4.78, 5) is 73.5. The molecule has 0 N–H and O–H groups in total. The lowest BCUT2D eigenvalue weighted by molar-refractivity contribution is -0.282. The molecule has 5 atom stereocenters. The quantitative estimate of drug-likeness (QED) is 0.0438. The maximum Gasteiger partial charge on any atom is 0.340 e. The monoisotopic (exact) mass is 1150 g/mol. The molecule has 1 aliphatic heterocycles. The van der Waals surface area contributed by atoms with Gasteiger partial charge < -0.3 is 99.5 Å². The smallest absolute Gasteiger partial charge is 0.340 e. The topological polar surface area (TPSA) is 279 Å². The summed E-state index contributed by atoms with van der Waals surface area (Å²) in [6.07, 6.45) is -10.3. The second-order valence-electron chi connectivity index (χ2n) is 16.7. The van der Waals surface area contributed by atoms with Crippen molar-refractivity contribution in [2.24, 2.45) is 0 Å². The Morgan fingerprint density at radius 3 is 0.756 bits per heavy atom. The van der Waals surface area contributed by atoms with Crippen molar-refractivity contribution in [3.8, 4) is 86.2 Å². The van der Waals surface area contributed by atoms with Crippen LogP contribution < -0.4 is 71.1 Å². The molecule has 0 saturated carbocycles. The van der Waals surface area contributed by atoms with E-state index < -0.39 is 67.2 Å². The molecule has 0 amide bonds. The molecule has 1 saturated heterocycles. The standard InChI is InChI=1S/C56H62O26/c1-62-32-16-27(17-33(63-2)43(32)72-11)51(57)77-26-42-48(79-52(58)28-18-34(64-3)44(73-12)35(19-28)65-4)49(80-53(59)29-20-36(66-5)45(74-13)37(21-29)67-6)50(81-54(60)30-22-38(68-7)46(75-14)39(23-30)69-8)56(78-42)82-55(61)31-24-40(70-9)47(76-15)41(25-31)71-10/h16-25,42,48-50,56H,26H2,1-15H3/t42-,48-,49+,50+,56+/m1/s1. The number of benzene rings is 5. The van der Waals surface area contributed by atoms with Gasteiger partial charge in [-0.25, -0.2) is 24.0 Å². The van der Waals surface area contributed by atoms with Crippen LogP contribution in [0.5, 0.6) is 86.2 Å². The molecule has 5 aromatic carbocycles. The van der Waals surface area contributed by atoms with E-state index in [9.17, 15) is 24.0 Å². The van der Waals surface area contributed by atoms with Crippen LogP contribution in [0, 0.1) is 0 Å². The van der Waals surface area contributed by atoms with Gasteiger partial charge in [0.2, 0.25) is 41.1 Å². The second-order valence-corrected chi connectivity index (χ2v) is 16.7. The van der Waals surface area contributed by atoms with Crippen molar-refractivity contribution >= 4 is 29.8 Å². The molecule has 5 aromatic rings. The van der Waals surface area contributed by atoms with Crippen LogP contribution in [0.15, 0.2) is 60.7 Å². The first-order chi connectivity index (χ1) is 39.5. The Balaban J connectivity index is 1.62. The van der Waals surface area contributed by atoms with Crippen molar-refractivity contribution in [3.63, 3.8) is 0 Å². The molecule has 0 radical (unpaired) electrons. The lowest BCUT2D eigenvalue weighted by atomic mass is 9.97. The fraction of sp³-hybridized carbons (Fsp3) is 0.375. The van der Waals surface area contributed by atoms with Crippen LogP contribution in [0.3, 0.4) is 0 Å². The number of hydrogen-bond donors (Lipinski definition) is 0. The fourth-order valence-corrected chi connectivity index (χ4v) is 8.49. The molecule has 1 aliphatic rings. The van der Waals surface area contributed by atoms with Gasteiger partial charge in [0.05, 0.1) is 134 Å². The lowest BCUT2D eigenvalue weighted by Crippen LogP contribution is -2.63. The number of ether oxygens (including phenoxy) is 21. The second kappa shape index (κ2) is 28.0. The lowest BCUT2D eigenvalue weighted by Gasteiger charge is -2.44. The Bertz CT molecular complexity index is 2990. The van der Waals surface area contributed by atoms with Crippen molar-refractivity contribution in [3.05, 3.63) is 88.5 Å². The number of rotatable bonds is 26. The number of esters is 5. The van der Waals surface area contributed by atoms with E-state index in [4.69, 9.17) is 99.5 Å². The van der Waals surface area contributed by atoms with Gasteiger partial charge >= 0.3 is 29.8 Å². The van der Waals surface area contributed by atoms with Crippen molar-refractivity contribution in [2.45, 2.75) is 30.7 Å². The van der Waals surface area contributed by atoms with E-state index in [0.29, 0.717) is 0 Å². The summed E-state index contributed by atoms with van der Waals surface area (Å²) >= 11 is 0. The van der Waals surface area contributed by atoms with Crippen LogP contribution in [0.25, 0.3) is 0 Å². The van der Waals surface area contributed by atoms with Gasteiger partial charge in [0.15, 0.2) is 69.7 Å². The van der Waals surface area contributed by atoms with Gasteiger partial charge in [-0.05, 0) is 60.7 Å². The number of hydrogen-bond acceptors (Lipinski definition) is 26. The summed E-state index contributed by atoms with van der Waals surface area (Å²) in [7, 11) is 19.9. The number of carbonyl (C=O) groups excluding carboxylic acids is 5. The summed E-state index contributed by atoms with van der Waals surface area (Å²) in [5, 5.41) is 0. The van der Waals surface area contributed by atoms with E-state index in [1.54, 1.807) is 0 Å². The molecule has 6 rings (SSSR count). The van der Waals surface area contributed by atoms with Gasteiger partial charge in [-0.1, -0.05) is 0 Å². The summed E-state index contributed by atoms with van der Waals surface area (Å²) in [5.41, 5.74) is -1.13. The highest BCUT2D eigenvalue weighted by Crippen LogP contribution is 2.44. The zero-order valence-electron chi connectivity index (χ0n) is 47.5. The normalized spacial score (nSPS) is 16.1. The minimum Gasteiger partial charge on any atom is -0.493 e. The van der Waals surface area contributed by atoms with E-state index in [0.717, 1.165) is 0 Å². The van der Waals surface area contributed by atoms with Crippen molar-refractivity contribution in [2.75, 3.05) is 113 Å². The minimum atomic E-state index is -2.18. The van der Waals surface area contributed by atoms with E-state index in [-0.39, 0.29) is 114 Å². The number of methoxy groups -OCH3 is 15. The van der Waals surface area contributed by atoms with Gasteiger partial charge in [-0.2, -0.15) is 0 Å². The van der Waals surface area contributed by atoms with Crippen LogP contribution in [-0.2, 0) is 28.4 Å². The first-order valence-electron chi connectivity index (χ1n) is 24.2. The highest BCUT2D eigenvalue weighted by atomic mass is 16.7. The largest absolute Gasteiger partial charge is 0.493 e. The van der Waals surface area contributed by atoms with Crippen molar-refractivity contribution in [1.82, 2.24) is 0 Å². The third-order valence-electron chi connectivity index (χ3n) is 12.4. The Labute approximate surface area is 470 Å². The molecule has 26 heteroatoms. The van der Waals surface area contributed by atoms with Gasteiger partial charge in [-0.3, -0.25) is 0 Å². The van der Waals surface area contributed by atoms with Crippen LogP contribution in [0.1, 0.15) is 51.8 Å². The van der Waals surface area contributed by atoms with Gasteiger partial charge in [0, 0.05) is 0 Å². The average Bonchev–Trinajstić information content (AvgIpc) is 3.61. The average molecular weight is 1150 g/mol. The third-order valence-corrected chi connectivity index (χ3v) is 12.4. The molecule has 26 nitrogen and oxygen atoms in total. The van der Waals surface area contributed by atoms with Crippen LogP contribution >= 0.6 is 0 Å². The van der Waals surface area contributed by atoms with Gasteiger partial charge in [0.1, 0.15) is 12.7 Å². The molecule has 1 heterocycles. The van der Waals surface area contributed by atoms with E-state index in [2.05, 4.69) is 0 Å². The van der Waals surface area contributed by atoms with Gasteiger partial charge in [0.25, 0.3) is 0 Å². The minimum absolute atomic E-state index is 0.00488. The molecule has 1 fully saturated rings. The van der Waals surface area contributed by atoms with E-state index >= 15 is 0 Å². The molecule has 0 aromatic heterocycles. The summed E-state index contributed by atoms with van der Waals surface area (Å²) in [6.45, 7) is -0.896. The third kappa shape index (κ3) is 13.0. The molecule has 0 aliphatic carbocycles. The Morgan fingerprint density at radius 1 is 0.293 bits per heavy atom. The Kier molecular flexibility index (Phi) is 21.1. The zero-order chi connectivity index (χ0) is 59.9. The molecule has 0 spiro atoms. The molecule has 442 valence electrons. The first kappa shape index (κ1) is 61.6. The van der Waals surface area contributed by atoms with Crippen molar-refractivity contribution < 1.29 is 123 Å². The zero-order valence-corrected chi connectivity index (χ0v) is 47.5. The molecular formula is C56H62O26. The van der Waals surface area contributed by atoms with Crippen LogP contribution in [0.2, 0.25) is 0 Å².